The molecule has 92 valence electrons. The number of aliphatic carboxylic acids is 2. The van der Waals surface area contributed by atoms with E-state index in [-0.39, 0.29) is 0 Å². The fourth-order valence-electron chi connectivity index (χ4n) is 0.762. The monoisotopic (exact) mass is 238 g/mol. The summed E-state index contributed by atoms with van der Waals surface area (Å²) in [6.45, 7) is 0. The number of allylic oxidation sites excluding steroid dienone is 4. The van der Waals surface area contributed by atoms with Crippen molar-refractivity contribution in [1.29, 1.82) is 0 Å². The summed E-state index contributed by atoms with van der Waals surface area (Å²) in [5.41, 5.74) is 0. The predicted molar refractivity (Wildman–Crippen MR) is 62.2 cm³/mol. The van der Waals surface area contributed by atoms with Crippen molar-refractivity contribution >= 4 is 11.9 Å². The van der Waals surface area contributed by atoms with E-state index in [1.807, 2.05) is 0 Å². The van der Waals surface area contributed by atoms with Crippen LogP contribution < -0.4 is 0 Å². The van der Waals surface area contributed by atoms with E-state index in [0.717, 1.165) is 12.2 Å². The number of carboxylic acids is 2. The molecule has 0 unspecified atom stereocenters. The highest BCUT2D eigenvalue weighted by Gasteiger charge is 1.82. The van der Waals surface area contributed by atoms with Crippen LogP contribution in [0, 0.1) is 0 Å². The van der Waals surface area contributed by atoms with Crippen LogP contribution in [0.4, 0.5) is 0 Å². The molecule has 2 N–H and O–H groups in total. The van der Waals surface area contributed by atoms with E-state index in [2.05, 4.69) is 0 Å². The summed E-state index contributed by atoms with van der Waals surface area (Å²) in [7, 11) is 0. The molecular weight excluding hydrogens is 224 g/mol. The number of carbonyl (C=O) groups is 2. The Morgan fingerprint density at radius 1 is 0.824 bits per heavy atom. The standard InChI is InChI=1S/C12H14O5/c13-11(14)7-3-1-5-9-17-10-6-2-4-8-12(15)16/h3-10H,1-2H2,(H,13,14)(H,15,16). The Bertz CT molecular complexity index is 316. The molecule has 0 saturated carbocycles. The van der Waals surface area contributed by atoms with Gasteiger partial charge in [-0.25, -0.2) is 9.59 Å². The van der Waals surface area contributed by atoms with Crippen molar-refractivity contribution in [2.24, 2.45) is 0 Å². The molecule has 0 atom stereocenters. The summed E-state index contributed by atoms with van der Waals surface area (Å²) >= 11 is 0. The topological polar surface area (TPSA) is 83.8 Å². The molecule has 5 nitrogen and oxygen atoms in total. The molecule has 0 bridgehead atoms. The minimum atomic E-state index is -0.982. The maximum Gasteiger partial charge on any atom is 0.327 e. The second kappa shape index (κ2) is 10.2. The fourth-order valence-corrected chi connectivity index (χ4v) is 0.762. The number of hydrogen-bond acceptors (Lipinski definition) is 3. The van der Waals surface area contributed by atoms with Crippen LogP contribution in [0.2, 0.25) is 0 Å². The van der Waals surface area contributed by atoms with E-state index in [4.69, 9.17) is 14.9 Å². The molecule has 0 aliphatic carbocycles. The molecule has 0 amide bonds. The van der Waals surface area contributed by atoms with Crippen molar-refractivity contribution < 1.29 is 24.5 Å². The molecular formula is C12H14O5. The van der Waals surface area contributed by atoms with Crippen LogP contribution in [0.15, 0.2) is 49.0 Å². The second-order valence-electron chi connectivity index (χ2n) is 2.83. The van der Waals surface area contributed by atoms with Crippen LogP contribution in [0.1, 0.15) is 12.8 Å². The van der Waals surface area contributed by atoms with Crippen LogP contribution >= 0.6 is 0 Å². The van der Waals surface area contributed by atoms with Crippen molar-refractivity contribution in [1.82, 2.24) is 0 Å². The zero-order valence-electron chi connectivity index (χ0n) is 9.15. The first kappa shape index (κ1) is 14.7. The second-order valence-corrected chi connectivity index (χ2v) is 2.83. The number of carboxylic acid groups (broad SMARTS) is 2. The Morgan fingerprint density at radius 2 is 1.24 bits per heavy atom. The van der Waals surface area contributed by atoms with Gasteiger partial charge in [-0.2, -0.15) is 0 Å². The van der Waals surface area contributed by atoms with Crippen molar-refractivity contribution in [2.45, 2.75) is 12.8 Å². The summed E-state index contributed by atoms with van der Waals surface area (Å²) < 4.78 is 4.92. The molecule has 17 heavy (non-hydrogen) atoms. The van der Waals surface area contributed by atoms with Crippen molar-refractivity contribution in [3.63, 3.8) is 0 Å². The van der Waals surface area contributed by atoms with Crippen LogP contribution in [-0.4, -0.2) is 22.2 Å². The van der Waals surface area contributed by atoms with E-state index >= 15 is 0 Å². The smallest absolute Gasteiger partial charge is 0.327 e. The van der Waals surface area contributed by atoms with Crippen LogP contribution in [-0.2, 0) is 14.3 Å². The Balaban J connectivity index is 3.56. The van der Waals surface area contributed by atoms with Gasteiger partial charge in [-0.05, 0) is 25.0 Å². The lowest BCUT2D eigenvalue weighted by molar-refractivity contribution is -0.132. The van der Waals surface area contributed by atoms with E-state index in [1.54, 1.807) is 12.2 Å². The molecule has 0 heterocycles. The third kappa shape index (κ3) is 13.7. The third-order valence-corrected chi connectivity index (χ3v) is 1.41. The maximum absolute atomic E-state index is 10.1. The van der Waals surface area contributed by atoms with Gasteiger partial charge in [0, 0.05) is 12.2 Å². The van der Waals surface area contributed by atoms with E-state index < -0.39 is 11.9 Å². The average molecular weight is 238 g/mol. The predicted octanol–water partition coefficient (Wildman–Crippen LogP) is 2.09. The zero-order valence-corrected chi connectivity index (χ0v) is 9.15. The van der Waals surface area contributed by atoms with Gasteiger partial charge in [0.25, 0.3) is 0 Å². The van der Waals surface area contributed by atoms with E-state index in [9.17, 15) is 9.59 Å². The summed E-state index contributed by atoms with van der Waals surface area (Å²) in [6.07, 6.45) is 12.2. The molecule has 0 spiro atoms. The molecule has 0 fully saturated rings. The Hall–Kier alpha value is -2.30. The molecule has 0 aromatic rings. The average Bonchev–Trinajstić information content (AvgIpc) is 2.25. The van der Waals surface area contributed by atoms with Gasteiger partial charge in [0.15, 0.2) is 0 Å². The fraction of sp³-hybridized carbons (Fsp3) is 0.167. The minimum absolute atomic E-state index is 0.471. The molecule has 0 aliphatic rings. The van der Waals surface area contributed by atoms with Crippen LogP contribution in [0.5, 0.6) is 0 Å². The molecule has 5 heteroatoms. The highest BCUT2D eigenvalue weighted by Crippen LogP contribution is 1.90. The van der Waals surface area contributed by atoms with Crippen molar-refractivity contribution in [2.75, 3.05) is 0 Å². The maximum atomic E-state index is 10.1. The van der Waals surface area contributed by atoms with Crippen LogP contribution in [0.3, 0.4) is 0 Å². The Kier molecular flexibility index (Phi) is 8.84. The third-order valence-electron chi connectivity index (χ3n) is 1.41. The van der Waals surface area contributed by atoms with Gasteiger partial charge in [-0.15, -0.1) is 0 Å². The number of hydrogen-bond donors (Lipinski definition) is 2. The normalized spacial score (nSPS) is 12.0. The largest absolute Gasteiger partial charge is 0.478 e. The summed E-state index contributed by atoms with van der Waals surface area (Å²) in [4.78, 5) is 20.2. The van der Waals surface area contributed by atoms with Gasteiger partial charge in [-0.3, -0.25) is 0 Å². The SMILES string of the molecule is O=C(O)C=CCC=COC=CCC=CC(=O)O. The van der Waals surface area contributed by atoms with Gasteiger partial charge >= 0.3 is 11.9 Å². The van der Waals surface area contributed by atoms with Gasteiger partial charge in [0.05, 0.1) is 12.5 Å². The molecule has 0 aromatic carbocycles. The first-order chi connectivity index (χ1) is 8.13. The van der Waals surface area contributed by atoms with Crippen molar-refractivity contribution in [3.8, 4) is 0 Å². The molecule has 0 radical (unpaired) electrons. The van der Waals surface area contributed by atoms with Gasteiger partial charge in [0.2, 0.25) is 0 Å². The first-order valence-corrected chi connectivity index (χ1v) is 4.87. The summed E-state index contributed by atoms with van der Waals surface area (Å²) in [5.74, 6) is -1.96. The van der Waals surface area contributed by atoms with Crippen molar-refractivity contribution in [3.05, 3.63) is 49.0 Å². The van der Waals surface area contributed by atoms with E-state index in [1.165, 1.54) is 24.7 Å². The van der Waals surface area contributed by atoms with Gasteiger partial charge in [-0.1, -0.05) is 12.2 Å². The number of ether oxygens (including phenoxy) is 1. The molecule has 0 rings (SSSR count). The highest BCUT2D eigenvalue weighted by molar-refractivity contribution is 5.79. The Labute approximate surface area is 99.0 Å². The minimum Gasteiger partial charge on any atom is -0.478 e. The van der Waals surface area contributed by atoms with E-state index in [0.29, 0.717) is 12.8 Å². The lowest BCUT2D eigenvalue weighted by Gasteiger charge is -1.88. The summed E-state index contributed by atoms with van der Waals surface area (Å²) in [5, 5.41) is 16.5. The lowest BCUT2D eigenvalue weighted by atomic mass is 10.3. The van der Waals surface area contributed by atoms with Gasteiger partial charge in [0.1, 0.15) is 0 Å². The summed E-state index contributed by atoms with van der Waals surface area (Å²) in [6, 6.07) is 0. The number of rotatable bonds is 8. The van der Waals surface area contributed by atoms with Gasteiger partial charge < -0.3 is 14.9 Å². The molecule has 0 aliphatic heterocycles. The quantitative estimate of drug-likeness (QED) is 0.499. The first-order valence-electron chi connectivity index (χ1n) is 4.87. The lowest BCUT2D eigenvalue weighted by Crippen LogP contribution is -1.84. The zero-order chi connectivity index (χ0) is 12.9. The molecule has 0 aromatic heterocycles. The molecule has 0 saturated heterocycles. The Morgan fingerprint density at radius 3 is 1.59 bits per heavy atom. The van der Waals surface area contributed by atoms with Crippen LogP contribution in [0.25, 0.3) is 0 Å². The highest BCUT2D eigenvalue weighted by atomic mass is 16.5.